The summed E-state index contributed by atoms with van der Waals surface area (Å²) >= 11 is 1.24. The second-order valence-corrected chi connectivity index (χ2v) is 7.21. The Balaban J connectivity index is 2.01. The van der Waals surface area contributed by atoms with E-state index in [0.29, 0.717) is 23.0 Å². The molecule has 150 valence electrons. The highest BCUT2D eigenvalue weighted by Gasteiger charge is 2.21. The van der Waals surface area contributed by atoms with E-state index in [9.17, 15) is 18.4 Å². The van der Waals surface area contributed by atoms with Gasteiger partial charge in [-0.25, -0.2) is 8.78 Å². The first-order valence-corrected chi connectivity index (χ1v) is 9.66. The van der Waals surface area contributed by atoms with E-state index in [1.165, 1.54) is 11.3 Å². The monoisotopic (exact) mass is 408 g/mol. The maximum absolute atomic E-state index is 13.3. The molecule has 0 radical (unpaired) electrons. The van der Waals surface area contributed by atoms with Crippen molar-refractivity contribution in [1.29, 1.82) is 0 Å². The molecular formula is C19H22F2N4O2S. The molecule has 6 nitrogen and oxygen atoms in total. The number of anilines is 1. The second kappa shape index (κ2) is 10.0. The van der Waals surface area contributed by atoms with Gasteiger partial charge in [0, 0.05) is 6.07 Å². The molecule has 2 amide bonds. The molecule has 28 heavy (non-hydrogen) atoms. The Bertz CT molecular complexity index is 862. The first-order valence-electron chi connectivity index (χ1n) is 8.84. The highest BCUT2D eigenvalue weighted by atomic mass is 32.1. The number of benzene rings is 1. The van der Waals surface area contributed by atoms with Crippen molar-refractivity contribution < 1.29 is 18.4 Å². The number of nitrogens with one attached hydrogen (secondary N) is 2. The molecule has 9 heteroatoms. The summed E-state index contributed by atoms with van der Waals surface area (Å²) in [5, 5.41) is 14.2. The molecule has 0 aliphatic carbocycles. The summed E-state index contributed by atoms with van der Waals surface area (Å²) in [5.74, 6) is -2.42. The van der Waals surface area contributed by atoms with Crippen LogP contribution in [0.15, 0.2) is 24.3 Å². The van der Waals surface area contributed by atoms with Gasteiger partial charge >= 0.3 is 0 Å². The number of hydrogen-bond donors (Lipinski definition) is 2. The van der Waals surface area contributed by atoms with Crippen molar-refractivity contribution in [3.8, 4) is 0 Å². The van der Waals surface area contributed by atoms with E-state index in [4.69, 9.17) is 0 Å². The number of carbonyl (C=O) groups is 2. The molecule has 0 bridgehead atoms. The van der Waals surface area contributed by atoms with Crippen LogP contribution in [0.3, 0.4) is 0 Å². The lowest BCUT2D eigenvalue weighted by molar-refractivity contribution is -0.126. The topological polar surface area (TPSA) is 84.0 Å². The summed E-state index contributed by atoms with van der Waals surface area (Å²) < 4.78 is 26.5. The molecule has 2 aromatic rings. The minimum atomic E-state index is -0.786. The molecular weight excluding hydrogens is 386 g/mol. The quantitative estimate of drug-likeness (QED) is 0.698. The Kier molecular flexibility index (Phi) is 7.74. The summed E-state index contributed by atoms with van der Waals surface area (Å²) in [6, 6.07) is 2.12. The lowest BCUT2D eigenvalue weighted by Crippen LogP contribution is -2.44. The molecule has 0 saturated heterocycles. The van der Waals surface area contributed by atoms with Gasteiger partial charge in [0.25, 0.3) is 0 Å². The van der Waals surface area contributed by atoms with Gasteiger partial charge in [0.05, 0.1) is 6.42 Å². The standard InChI is InChI=1S/C19H22F2N4O2S/c1-4-6-15(17(27)23-19-25-24-18(28-19)11(3)5-2)22-16(26)9-12-7-13(20)10-14(21)8-12/h5,7-8,10,15H,4,6,9H2,1-3H3,(H,22,26)(H,23,25,27). The number of aromatic nitrogens is 2. The summed E-state index contributed by atoms with van der Waals surface area (Å²) in [7, 11) is 0. The molecule has 1 aromatic carbocycles. The number of rotatable bonds is 8. The largest absolute Gasteiger partial charge is 0.344 e. The predicted octanol–water partition coefficient (Wildman–Crippen LogP) is 3.71. The van der Waals surface area contributed by atoms with Gasteiger partial charge in [-0.15, -0.1) is 10.2 Å². The first kappa shape index (κ1) is 21.6. The summed E-state index contributed by atoms with van der Waals surface area (Å²) in [6.45, 7) is 5.65. The molecule has 0 aliphatic rings. The van der Waals surface area contributed by atoms with Gasteiger partial charge in [-0.1, -0.05) is 30.8 Å². The minimum absolute atomic E-state index is 0.196. The Hall–Kier alpha value is -2.68. The van der Waals surface area contributed by atoms with Crippen LogP contribution in [0.5, 0.6) is 0 Å². The van der Waals surface area contributed by atoms with Crippen LogP contribution >= 0.6 is 11.3 Å². The lowest BCUT2D eigenvalue weighted by Gasteiger charge is -2.17. The molecule has 1 heterocycles. The van der Waals surface area contributed by atoms with E-state index in [1.807, 2.05) is 26.8 Å². The number of nitrogens with zero attached hydrogens (tertiary/aromatic N) is 2. The highest BCUT2D eigenvalue weighted by Crippen LogP contribution is 2.22. The molecule has 1 atom stereocenters. The van der Waals surface area contributed by atoms with E-state index < -0.39 is 29.5 Å². The third kappa shape index (κ3) is 6.19. The molecule has 0 aliphatic heterocycles. The van der Waals surface area contributed by atoms with Crippen LogP contribution in [0.1, 0.15) is 44.2 Å². The van der Waals surface area contributed by atoms with Crippen LogP contribution in [-0.4, -0.2) is 28.1 Å². The third-order valence-corrected chi connectivity index (χ3v) is 4.92. The normalized spacial score (nSPS) is 12.5. The van der Waals surface area contributed by atoms with E-state index in [-0.39, 0.29) is 12.0 Å². The van der Waals surface area contributed by atoms with Gasteiger partial charge in [0.2, 0.25) is 16.9 Å². The summed E-state index contributed by atoms with van der Waals surface area (Å²) in [6.07, 6.45) is 2.73. The predicted molar refractivity (Wildman–Crippen MR) is 105 cm³/mol. The zero-order valence-electron chi connectivity index (χ0n) is 15.9. The van der Waals surface area contributed by atoms with Crippen molar-refractivity contribution in [3.05, 3.63) is 46.5 Å². The molecule has 1 unspecified atom stereocenters. The van der Waals surface area contributed by atoms with Crippen molar-refractivity contribution in [3.63, 3.8) is 0 Å². The van der Waals surface area contributed by atoms with Gasteiger partial charge in [-0.3, -0.25) is 14.9 Å². The fourth-order valence-corrected chi connectivity index (χ4v) is 3.23. The number of carbonyl (C=O) groups excluding carboxylic acids is 2. The fraction of sp³-hybridized carbons (Fsp3) is 0.368. The molecule has 2 N–H and O–H groups in total. The average molecular weight is 408 g/mol. The molecule has 0 fully saturated rings. The second-order valence-electron chi connectivity index (χ2n) is 6.24. The van der Waals surface area contributed by atoms with E-state index in [0.717, 1.165) is 23.8 Å². The Labute approximate surface area is 166 Å². The number of amides is 2. The maximum atomic E-state index is 13.3. The molecule has 2 rings (SSSR count). The van der Waals surface area contributed by atoms with Crippen molar-refractivity contribution in [2.45, 2.75) is 46.1 Å². The third-order valence-electron chi connectivity index (χ3n) is 3.94. The zero-order chi connectivity index (χ0) is 20.7. The zero-order valence-corrected chi connectivity index (χ0v) is 16.7. The van der Waals surface area contributed by atoms with Gasteiger partial charge in [0.1, 0.15) is 22.7 Å². The summed E-state index contributed by atoms with van der Waals surface area (Å²) in [4.78, 5) is 24.8. The molecule has 0 saturated carbocycles. The van der Waals surface area contributed by atoms with E-state index in [2.05, 4.69) is 20.8 Å². The van der Waals surface area contributed by atoms with Gasteiger partial charge < -0.3 is 5.32 Å². The van der Waals surface area contributed by atoms with Crippen molar-refractivity contribution in [2.75, 3.05) is 5.32 Å². The fourth-order valence-electron chi connectivity index (χ4n) is 2.45. The van der Waals surface area contributed by atoms with Crippen LogP contribution in [0.25, 0.3) is 5.57 Å². The van der Waals surface area contributed by atoms with Crippen LogP contribution in [0, 0.1) is 11.6 Å². The number of halogens is 2. The maximum Gasteiger partial charge on any atom is 0.248 e. The van der Waals surface area contributed by atoms with Crippen molar-refractivity contribution >= 4 is 33.9 Å². The SMILES string of the molecule is CC=C(C)c1nnc(NC(=O)C(CCC)NC(=O)Cc2cc(F)cc(F)c2)s1. The number of allylic oxidation sites excluding steroid dienone is 2. The lowest BCUT2D eigenvalue weighted by atomic mass is 10.1. The van der Waals surface area contributed by atoms with E-state index in [1.54, 1.807) is 0 Å². The van der Waals surface area contributed by atoms with Gasteiger partial charge in [-0.2, -0.15) is 0 Å². The average Bonchev–Trinajstić information content (AvgIpc) is 3.08. The first-order chi connectivity index (χ1) is 13.3. The Morgan fingerprint density at radius 1 is 1.21 bits per heavy atom. The summed E-state index contributed by atoms with van der Waals surface area (Å²) in [5.41, 5.74) is 1.14. The van der Waals surface area contributed by atoms with Gasteiger partial charge in [0.15, 0.2) is 0 Å². The van der Waals surface area contributed by atoms with Gasteiger partial charge in [-0.05, 0) is 43.5 Å². The molecule has 1 aromatic heterocycles. The van der Waals surface area contributed by atoms with Crippen LogP contribution in [0.4, 0.5) is 13.9 Å². The van der Waals surface area contributed by atoms with Crippen molar-refractivity contribution in [1.82, 2.24) is 15.5 Å². The van der Waals surface area contributed by atoms with Crippen LogP contribution < -0.4 is 10.6 Å². The van der Waals surface area contributed by atoms with Crippen LogP contribution in [0.2, 0.25) is 0 Å². The van der Waals surface area contributed by atoms with E-state index >= 15 is 0 Å². The molecule has 0 spiro atoms. The Morgan fingerprint density at radius 3 is 2.50 bits per heavy atom. The van der Waals surface area contributed by atoms with Crippen LogP contribution in [-0.2, 0) is 16.0 Å². The Morgan fingerprint density at radius 2 is 1.89 bits per heavy atom. The number of hydrogen-bond acceptors (Lipinski definition) is 5. The van der Waals surface area contributed by atoms with Crippen molar-refractivity contribution in [2.24, 2.45) is 0 Å². The minimum Gasteiger partial charge on any atom is -0.344 e. The highest BCUT2D eigenvalue weighted by molar-refractivity contribution is 7.16. The smallest absolute Gasteiger partial charge is 0.248 e.